The van der Waals surface area contributed by atoms with Crippen LogP contribution in [0.1, 0.15) is 46.5 Å². The Morgan fingerprint density at radius 1 is 1.17 bits per heavy atom. The number of carbonyl (C=O) groups excluding carboxylic acids is 1. The van der Waals surface area contributed by atoms with Crippen LogP contribution in [0.3, 0.4) is 0 Å². The van der Waals surface area contributed by atoms with Crippen molar-refractivity contribution in [1.82, 2.24) is 4.90 Å². The van der Waals surface area contributed by atoms with Crippen LogP contribution in [0.15, 0.2) is 0 Å². The van der Waals surface area contributed by atoms with Crippen molar-refractivity contribution >= 4 is 12.1 Å². The van der Waals surface area contributed by atoms with E-state index >= 15 is 0 Å². The number of hydrogen-bond donors (Lipinski definition) is 1. The van der Waals surface area contributed by atoms with Crippen LogP contribution in [-0.2, 0) is 19.0 Å². The number of carboxylic acid groups (broad SMARTS) is 1. The largest absolute Gasteiger partial charge is 0.480 e. The molecule has 0 aromatic carbocycles. The number of rotatable bonds is 1. The molecule has 1 aliphatic carbocycles. The molecule has 3 fully saturated rings. The van der Waals surface area contributed by atoms with Gasteiger partial charge in [-0.15, -0.1) is 0 Å². The zero-order chi connectivity index (χ0) is 16.9. The van der Waals surface area contributed by atoms with Crippen molar-refractivity contribution in [2.45, 2.75) is 63.8 Å². The van der Waals surface area contributed by atoms with Crippen molar-refractivity contribution < 1.29 is 28.9 Å². The van der Waals surface area contributed by atoms with Gasteiger partial charge in [-0.05, 0) is 46.5 Å². The summed E-state index contributed by atoms with van der Waals surface area (Å²) in [5.41, 5.74) is -1.34. The van der Waals surface area contributed by atoms with E-state index < -0.39 is 29.4 Å². The third-order valence-corrected chi connectivity index (χ3v) is 5.04. The summed E-state index contributed by atoms with van der Waals surface area (Å²) >= 11 is 0. The highest BCUT2D eigenvalue weighted by Gasteiger charge is 2.58. The molecule has 2 heterocycles. The minimum Gasteiger partial charge on any atom is -0.480 e. The van der Waals surface area contributed by atoms with Crippen molar-refractivity contribution in [3.05, 3.63) is 0 Å². The number of ether oxygens (including phenoxy) is 3. The molecule has 0 aromatic rings. The number of carboxylic acids is 1. The van der Waals surface area contributed by atoms with Gasteiger partial charge in [-0.1, -0.05) is 0 Å². The second-order valence-corrected chi connectivity index (χ2v) is 7.95. The van der Waals surface area contributed by atoms with Gasteiger partial charge in [0.2, 0.25) is 0 Å². The first-order valence-electron chi connectivity index (χ1n) is 8.13. The maximum atomic E-state index is 12.6. The summed E-state index contributed by atoms with van der Waals surface area (Å²) in [6, 6.07) is -0.989. The lowest BCUT2D eigenvalue weighted by Gasteiger charge is -2.51. The van der Waals surface area contributed by atoms with Gasteiger partial charge < -0.3 is 19.3 Å². The highest BCUT2D eigenvalue weighted by molar-refractivity contribution is 5.81. The molecule has 7 heteroatoms. The van der Waals surface area contributed by atoms with Crippen LogP contribution in [0, 0.1) is 5.41 Å². The van der Waals surface area contributed by atoms with Crippen molar-refractivity contribution in [3.8, 4) is 0 Å². The number of amides is 1. The average Bonchev–Trinajstić information content (AvgIpc) is 2.75. The van der Waals surface area contributed by atoms with Gasteiger partial charge in [0.05, 0.1) is 19.8 Å². The molecule has 2 saturated heterocycles. The van der Waals surface area contributed by atoms with E-state index in [1.165, 1.54) is 4.90 Å². The number of carbonyl (C=O) groups is 2. The van der Waals surface area contributed by atoms with Crippen molar-refractivity contribution in [2.24, 2.45) is 5.41 Å². The molecule has 1 N–H and O–H groups in total. The molecule has 1 unspecified atom stereocenters. The predicted molar refractivity (Wildman–Crippen MR) is 79.9 cm³/mol. The highest BCUT2D eigenvalue weighted by atomic mass is 16.6. The van der Waals surface area contributed by atoms with Crippen LogP contribution in [0.2, 0.25) is 0 Å². The van der Waals surface area contributed by atoms with Gasteiger partial charge in [0.15, 0.2) is 6.04 Å². The van der Waals surface area contributed by atoms with Gasteiger partial charge in [-0.3, -0.25) is 4.90 Å². The Morgan fingerprint density at radius 2 is 1.78 bits per heavy atom. The molecular formula is C16H25NO6. The van der Waals surface area contributed by atoms with E-state index in [0.717, 1.165) is 26.1 Å². The Balaban J connectivity index is 1.81. The minimum absolute atomic E-state index is 0.0120. The molecule has 23 heavy (non-hydrogen) atoms. The van der Waals surface area contributed by atoms with Crippen molar-refractivity contribution in [3.63, 3.8) is 0 Å². The van der Waals surface area contributed by atoms with Crippen LogP contribution in [0.25, 0.3) is 0 Å². The molecule has 2 aliphatic heterocycles. The standard InChI is InChI=1S/C16H25NO6/c1-14(2,3)23-13(20)17-11(12(18)19)8-22-16(17)6-4-15(5-7-16)9-21-10-15/h11H,4-10H2,1-3H3,(H,18,19). The zero-order valence-electron chi connectivity index (χ0n) is 14.0. The smallest absolute Gasteiger partial charge is 0.413 e. The number of nitrogens with zero attached hydrogens (tertiary/aromatic N) is 1. The molecule has 130 valence electrons. The summed E-state index contributed by atoms with van der Waals surface area (Å²) in [5, 5.41) is 9.46. The lowest BCUT2D eigenvalue weighted by atomic mass is 9.69. The van der Waals surface area contributed by atoms with Gasteiger partial charge in [0.25, 0.3) is 0 Å². The Labute approximate surface area is 135 Å². The van der Waals surface area contributed by atoms with Crippen LogP contribution < -0.4 is 0 Å². The average molecular weight is 327 g/mol. The first-order chi connectivity index (χ1) is 10.7. The van der Waals surface area contributed by atoms with E-state index in [4.69, 9.17) is 14.2 Å². The minimum atomic E-state index is -1.06. The monoisotopic (exact) mass is 327 g/mol. The fourth-order valence-electron chi connectivity index (χ4n) is 3.68. The van der Waals surface area contributed by atoms with Gasteiger partial charge >= 0.3 is 12.1 Å². The van der Waals surface area contributed by atoms with E-state index in [-0.39, 0.29) is 12.0 Å². The summed E-state index contributed by atoms with van der Waals surface area (Å²) in [4.78, 5) is 25.5. The summed E-state index contributed by atoms with van der Waals surface area (Å²) < 4.78 is 16.6. The fourth-order valence-corrected chi connectivity index (χ4v) is 3.68. The number of aliphatic carboxylic acids is 1. The molecule has 0 bridgehead atoms. The lowest BCUT2D eigenvalue weighted by Crippen LogP contribution is -2.59. The summed E-state index contributed by atoms with van der Waals surface area (Å²) in [5.74, 6) is -1.06. The van der Waals surface area contributed by atoms with Gasteiger partial charge in [0, 0.05) is 5.41 Å². The summed E-state index contributed by atoms with van der Waals surface area (Å²) in [6.45, 7) is 6.82. The first-order valence-corrected chi connectivity index (χ1v) is 8.13. The molecule has 1 atom stereocenters. The molecule has 1 amide bonds. The highest BCUT2D eigenvalue weighted by Crippen LogP contribution is 2.50. The molecule has 0 aromatic heterocycles. The molecule has 0 radical (unpaired) electrons. The van der Waals surface area contributed by atoms with E-state index in [0.29, 0.717) is 12.8 Å². The molecule has 3 aliphatic rings. The number of hydrogen-bond acceptors (Lipinski definition) is 5. The fraction of sp³-hybridized carbons (Fsp3) is 0.875. The van der Waals surface area contributed by atoms with Gasteiger partial charge in [0.1, 0.15) is 11.3 Å². The van der Waals surface area contributed by atoms with Crippen molar-refractivity contribution in [2.75, 3.05) is 19.8 Å². The molecule has 2 spiro atoms. The Bertz CT molecular complexity index is 497. The third-order valence-electron chi connectivity index (χ3n) is 5.04. The van der Waals surface area contributed by atoms with Crippen LogP contribution in [-0.4, -0.2) is 59.3 Å². The first kappa shape index (κ1) is 16.5. The molecule has 3 rings (SSSR count). The zero-order valence-corrected chi connectivity index (χ0v) is 14.0. The topological polar surface area (TPSA) is 85.3 Å². The van der Waals surface area contributed by atoms with E-state index in [2.05, 4.69) is 0 Å². The van der Waals surface area contributed by atoms with Gasteiger partial charge in [-0.25, -0.2) is 9.59 Å². The van der Waals surface area contributed by atoms with E-state index in [1.807, 2.05) is 0 Å². The molecule has 7 nitrogen and oxygen atoms in total. The Hall–Kier alpha value is -1.34. The Kier molecular flexibility index (Phi) is 3.84. The van der Waals surface area contributed by atoms with Crippen molar-refractivity contribution in [1.29, 1.82) is 0 Å². The van der Waals surface area contributed by atoms with Gasteiger partial charge in [-0.2, -0.15) is 0 Å². The van der Waals surface area contributed by atoms with Crippen LogP contribution in [0.4, 0.5) is 4.79 Å². The SMILES string of the molecule is CC(C)(C)OC(=O)N1C(C(=O)O)COC12CCC1(CC2)COC1. The maximum absolute atomic E-state index is 12.6. The second kappa shape index (κ2) is 5.34. The summed E-state index contributed by atoms with van der Waals surface area (Å²) in [6.07, 6.45) is 2.39. The molecule has 1 saturated carbocycles. The van der Waals surface area contributed by atoms with E-state index in [9.17, 15) is 14.7 Å². The van der Waals surface area contributed by atoms with Crippen LogP contribution in [0.5, 0.6) is 0 Å². The predicted octanol–water partition coefficient (Wildman–Crippen LogP) is 1.99. The maximum Gasteiger partial charge on any atom is 0.413 e. The lowest BCUT2D eigenvalue weighted by molar-refractivity contribution is -0.186. The van der Waals surface area contributed by atoms with E-state index in [1.54, 1.807) is 20.8 Å². The third kappa shape index (κ3) is 2.92. The normalized spacial score (nSPS) is 28.7. The van der Waals surface area contributed by atoms with Crippen LogP contribution >= 0.6 is 0 Å². The Morgan fingerprint density at radius 3 is 2.22 bits per heavy atom. The molecular weight excluding hydrogens is 302 g/mol. The quantitative estimate of drug-likeness (QED) is 0.793. The second-order valence-electron chi connectivity index (χ2n) is 7.95. The summed E-state index contributed by atoms with van der Waals surface area (Å²) in [7, 11) is 0.